The Labute approximate surface area is 96.4 Å². The zero-order valence-corrected chi connectivity index (χ0v) is 10.1. The van der Waals surface area contributed by atoms with Crippen LogP contribution in [0, 0.1) is 5.92 Å². The van der Waals surface area contributed by atoms with E-state index in [1.165, 1.54) is 0 Å². The molecule has 16 heavy (non-hydrogen) atoms. The third kappa shape index (κ3) is 3.10. The molecule has 90 valence electrons. The zero-order valence-electron chi connectivity index (χ0n) is 10.1. The number of amides is 1. The van der Waals surface area contributed by atoms with Crippen molar-refractivity contribution in [1.82, 2.24) is 4.90 Å². The Morgan fingerprint density at radius 3 is 2.81 bits per heavy atom. The molecule has 0 saturated carbocycles. The minimum Gasteiger partial charge on any atom is -0.472 e. The SMILES string of the molecule is CC[C@H](C)[C@H](N)C(=O)N(C)Cc1ccoc1. The standard InChI is InChI=1S/C12H20N2O2/c1-4-9(2)11(13)12(15)14(3)7-10-5-6-16-8-10/h5-6,8-9,11H,4,7,13H2,1-3H3/t9-,11-/m0/s1. The van der Waals surface area contributed by atoms with Gasteiger partial charge in [-0.3, -0.25) is 4.79 Å². The molecule has 0 aliphatic heterocycles. The molecule has 0 spiro atoms. The summed E-state index contributed by atoms with van der Waals surface area (Å²) in [4.78, 5) is 13.6. The molecule has 2 atom stereocenters. The van der Waals surface area contributed by atoms with Crippen molar-refractivity contribution in [2.24, 2.45) is 11.7 Å². The molecule has 0 saturated heterocycles. The Bertz CT molecular complexity index is 322. The molecule has 1 amide bonds. The first kappa shape index (κ1) is 12.8. The Morgan fingerprint density at radius 1 is 1.62 bits per heavy atom. The van der Waals surface area contributed by atoms with Gasteiger partial charge in [-0.15, -0.1) is 0 Å². The highest BCUT2D eigenvalue weighted by molar-refractivity contribution is 5.81. The molecule has 1 heterocycles. The summed E-state index contributed by atoms with van der Waals surface area (Å²) < 4.78 is 4.96. The first-order valence-electron chi connectivity index (χ1n) is 5.57. The van der Waals surface area contributed by atoms with Crippen LogP contribution in [-0.4, -0.2) is 23.9 Å². The van der Waals surface area contributed by atoms with E-state index in [-0.39, 0.29) is 11.8 Å². The number of rotatable bonds is 5. The third-order valence-electron chi connectivity index (χ3n) is 2.92. The van der Waals surface area contributed by atoms with E-state index in [2.05, 4.69) is 0 Å². The number of nitrogens with zero attached hydrogens (tertiary/aromatic N) is 1. The molecule has 4 heteroatoms. The summed E-state index contributed by atoms with van der Waals surface area (Å²) in [6.07, 6.45) is 4.15. The van der Waals surface area contributed by atoms with Gasteiger partial charge in [-0.05, 0) is 12.0 Å². The minimum atomic E-state index is -0.415. The number of nitrogens with two attached hydrogens (primary N) is 1. The summed E-state index contributed by atoms with van der Waals surface area (Å²) >= 11 is 0. The van der Waals surface area contributed by atoms with E-state index >= 15 is 0 Å². The molecule has 4 nitrogen and oxygen atoms in total. The number of likely N-dealkylation sites (N-methyl/N-ethyl adjacent to an activating group) is 1. The molecular formula is C12H20N2O2. The number of carbonyl (C=O) groups excluding carboxylic acids is 1. The second-order valence-corrected chi connectivity index (χ2v) is 4.24. The highest BCUT2D eigenvalue weighted by Crippen LogP contribution is 2.10. The van der Waals surface area contributed by atoms with Crippen molar-refractivity contribution in [2.75, 3.05) is 7.05 Å². The van der Waals surface area contributed by atoms with Crippen molar-refractivity contribution in [1.29, 1.82) is 0 Å². The Hall–Kier alpha value is -1.29. The zero-order chi connectivity index (χ0) is 12.1. The van der Waals surface area contributed by atoms with Gasteiger partial charge < -0.3 is 15.1 Å². The molecule has 2 N–H and O–H groups in total. The third-order valence-corrected chi connectivity index (χ3v) is 2.92. The topological polar surface area (TPSA) is 59.5 Å². The number of furan rings is 1. The van der Waals surface area contributed by atoms with Crippen LogP contribution in [-0.2, 0) is 11.3 Å². The summed E-state index contributed by atoms with van der Waals surface area (Å²) in [5.74, 6) is 0.190. The lowest BCUT2D eigenvalue weighted by Crippen LogP contribution is -2.45. The first-order valence-corrected chi connectivity index (χ1v) is 5.57. The lowest BCUT2D eigenvalue weighted by Gasteiger charge is -2.24. The van der Waals surface area contributed by atoms with Crippen molar-refractivity contribution >= 4 is 5.91 Å². The molecule has 0 aliphatic carbocycles. The maximum absolute atomic E-state index is 11.9. The summed E-state index contributed by atoms with van der Waals surface area (Å²) in [5.41, 5.74) is 6.87. The lowest BCUT2D eigenvalue weighted by molar-refractivity contribution is -0.132. The molecule has 1 aromatic rings. The van der Waals surface area contributed by atoms with Crippen LogP contribution in [0.25, 0.3) is 0 Å². The van der Waals surface area contributed by atoms with Gasteiger partial charge >= 0.3 is 0 Å². The normalized spacial score (nSPS) is 14.5. The van der Waals surface area contributed by atoms with Crippen LogP contribution in [0.4, 0.5) is 0 Å². The monoisotopic (exact) mass is 224 g/mol. The van der Waals surface area contributed by atoms with E-state index in [0.717, 1.165) is 12.0 Å². The average Bonchev–Trinajstić information content (AvgIpc) is 2.78. The minimum absolute atomic E-state index is 0.0180. The van der Waals surface area contributed by atoms with Gasteiger partial charge in [0.2, 0.25) is 5.91 Å². The predicted octanol–water partition coefficient (Wildman–Crippen LogP) is 1.61. The van der Waals surface area contributed by atoms with Crippen LogP contribution < -0.4 is 5.73 Å². The van der Waals surface area contributed by atoms with Gasteiger partial charge in [-0.1, -0.05) is 20.3 Å². The van der Waals surface area contributed by atoms with E-state index in [1.54, 1.807) is 24.5 Å². The molecule has 1 aromatic heterocycles. The first-order chi connectivity index (χ1) is 7.56. The van der Waals surface area contributed by atoms with E-state index in [0.29, 0.717) is 6.54 Å². The summed E-state index contributed by atoms with van der Waals surface area (Å²) in [5, 5.41) is 0. The van der Waals surface area contributed by atoms with Crippen LogP contribution in [0.5, 0.6) is 0 Å². The Kier molecular flexibility index (Phi) is 4.55. The molecular weight excluding hydrogens is 204 g/mol. The molecule has 1 rings (SSSR count). The van der Waals surface area contributed by atoms with Gasteiger partial charge in [0, 0.05) is 19.2 Å². The van der Waals surface area contributed by atoms with Gasteiger partial charge in [0.1, 0.15) is 0 Å². The van der Waals surface area contributed by atoms with Crippen molar-refractivity contribution < 1.29 is 9.21 Å². The van der Waals surface area contributed by atoms with E-state index in [4.69, 9.17) is 10.2 Å². The van der Waals surface area contributed by atoms with Crippen LogP contribution >= 0.6 is 0 Å². The predicted molar refractivity (Wildman–Crippen MR) is 62.6 cm³/mol. The molecule has 0 radical (unpaired) electrons. The van der Waals surface area contributed by atoms with Gasteiger partial charge in [0.05, 0.1) is 18.6 Å². The van der Waals surface area contributed by atoms with Crippen molar-refractivity contribution in [3.8, 4) is 0 Å². The van der Waals surface area contributed by atoms with E-state index in [1.807, 2.05) is 19.9 Å². The van der Waals surface area contributed by atoms with Gasteiger partial charge in [0.15, 0.2) is 0 Å². The van der Waals surface area contributed by atoms with Crippen molar-refractivity contribution in [3.05, 3.63) is 24.2 Å². The molecule has 0 aliphatic rings. The van der Waals surface area contributed by atoms with E-state index in [9.17, 15) is 4.79 Å². The van der Waals surface area contributed by atoms with Crippen LogP contribution in [0.3, 0.4) is 0 Å². The summed E-state index contributed by atoms with van der Waals surface area (Å²) in [6, 6.07) is 1.43. The fraction of sp³-hybridized carbons (Fsp3) is 0.583. The van der Waals surface area contributed by atoms with Crippen LogP contribution in [0.15, 0.2) is 23.0 Å². The molecule has 0 bridgehead atoms. The number of hydrogen-bond donors (Lipinski definition) is 1. The second kappa shape index (κ2) is 5.70. The van der Waals surface area contributed by atoms with Gasteiger partial charge in [-0.2, -0.15) is 0 Å². The molecule has 0 fully saturated rings. The van der Waals surface area contributed by atoms with Crippen LogP contribution in [0.1, 0.15) is 25.8 Å². The van der Waals surface area contributed by atoms with Gasteiger partial charge in [-0.25, -0.2) is 0 Å². The Balaban J connectivity index is 2.53. The average molecular weight is 224 g/mol. The highest BCUT2D eigenvalue weighted by atomic mass is 16.3. The fourth-order valence-corrected chi connectivity index (χ4v) is 1.49. The maximum atomic E-state index is 11.9. The maximum Gasteiger partial charge on any atom is 0.239 e. The largest absolute Gasteiger partial charge is 0.472 e. The fourth-order valence-electron chi connectivity index (χ4n) is 1.49. The van der Waals surface area contributed by atoms with Crippen molar-refractivity contribution in [2.45, 2.75) is 32.9 Å². The smallest absolute Gasteiger partial charge is 0.239 e. The quantitative estimate of drug-likeness (QED) is 0.826. The number of carbonyl (C=O) groups is 1. The van der Waals surface area contributed by atoms with Gasteiger partial charge in [0.25, 0.3) is 0 Å². The number of hydrogen-bond acceptors (Lipinski definition) is 3. The highest BCUT2D eigenvalue weighted by Gasteiger charge is 2.22. The van der Waals surface area contributed by atoms with Crippen molar-refractivity contribution in [3.63, 3.8) is 0 Å². The molecule has 0 unspecified atom stereocenters. The van der Waals surface area contributed by atoms with E-state index < -0.39 is 6.04 Å². The summed E-state index contributed by atoms with van der Waals surface area (Å²) in [7, 11) is 1.76. The molecule has 0 aromatic carbocycles. The lowest BCUT2D eigenvalue weighted by atomic mass is 9.99. The Morgan fingerprint density at radius 2 is 2.31 bits per heavy atom. The second-order valence-electron chi connectivity index (χ2n) is 4.24. The summed E-state index contributed by atoms with van der Waals surface area (Å²) in [6.45, 7) is 4.57. The van der Waals surface area contributed by atoms with Crippen LogP contribution in [0.2, 0.25) is 0 Å².